The van der Waals surface area contributed by atoms with Crippen molar-refractivity contribution in [3.05, 3.63) is 35.9 Å². The van der Waals surface area contributed by atoms with E-state index in [2.05, 4.69) is 51.1 Å². The first-order valence-corrected chi connectivity index (χ1v) is 18.7. The van der Waals surface area contributed by atoms with Gasteiger partial charge in [0.15, 0.2) is 0 Å². The Bertz CT molecular complexity index is 437. The summed E-state index contributed by atoms with van der Waals surface area (Å²) in [5, 5.41) is 0. The van der Waals surface area contributed by atoms with Gasteiger partial charge in [0.2, 0.25) is 0 Å². The van der Waals surface area contributed by atoms with Gasteiger partial charge in [-0.05, 0) is 0 Å². The molecule has 1 aromatic carbocycles. The van der Waals surface area contributed by atoms with Crippen LogP contribution in [-0.2, 0) is 11.2 Å². The van der Waals surface area contributed by atoms with Crippen molar-refractivity contribution in [2.45, 2.75) is 102 Å². The van der Waals surface area contributed by atoms with Gasteiger partial charge in [0.05, 0.1) is 0 Å². The molecule has 0 N–H and O–H groups in total. The van der Waals surface area contributed by atoms with Crippen LogP contribution in [-0.4, -0.2) is 28.6 Å². The zero-order chi connectivity index (χ0) is 18.0. The quantitative estimate of drug-likeness (QED) is 0.216. The van der Waals surface area contributed by atoms with Crippen LogP contribution in [0.15, 0.2) is 30.3 Å². The average Bonchev–Trinajstić information content (AvgIpc) is 3.42. The van der Waals surface area contributed by atoms with Crippen LogP contribution < -0.4 is 0 Å². The first-order chi connectivity index (χ1) is 12.3. The van der Waals surface area contributed by atoms with Crippen LogP contribution in [0.25, 0.3) is 0 Å². The number of unbranched alkanes of at least 4 members (excludes halogenated alkanes) is 3. The van der Waals surface area contributed by atoms with Gasteiger partial charge in [-0.15, -0.1) is 0 Å². The summed E-state index contributed by atoms with van der Waals surface area (Å²) in [5.74, 6) is 0. The molecule has 1 fully saturated rings. The molecule has 1 saturated heterocycles. The van der Waals surface area contributed by atoms with Crippen molar-refractivity contribution < 1.29 is 4.74 Å². The molecule has 0 amide bonds. The van der Waals surface area contributed by atoms with E-state index in [1.807, 2.05) is 0 Å². The number of aryl methyl sites for hydroxylation is 1. The van der Waals surface area contributed by atoms with Crippen molar-refractivity contribution in [3.63, 3.8) is 0 Å². The minimum atomic E-state index is -2.12. The zero-order valence-corrected chi connectivity index (χ0v) is 19.8. The molecule has 0 aliphatic carbocycles. The van der Waals surface area contributed by atoms with Crippen molar-refractivity contribution in [2.75, 3.05) is 0 Å². The zero-order valence-electron chi connectivity index (χ0n) is 16.9. The molecule has 1 nitrogen and oxygen atoms in total. The van der Waals surface area contributed by atoms with E-state index >= 15 is 0 Å². The van der Waals surface area contributed by atoms with Gasteiger partial charge < -0.3 is 0 Å². The predicted molar refractivity (Wildman–Crippen MR) is 113 cm³/mol. The number of rotatable bonds is 14. The summed E-state index contributed by atoms with van der Waals surface area (Å²) in [7, 11) is 0. The molecule has 142 valence electrons. The Hall–Kier alpha value is -0.0213. The number of hydrogen-bond donors (Lipinski definition) is 0. The molecule has 0 unspecified atom stereocenters. The summed E-state index contributed by atoms with van der Waals surface area (Å²) in [4.78, 5) is 0. The van der Waals surface area contributed by atoms with E-state index < -0.39 is 18.4 Å². The van der Waals surface area contributed by atoms with Gasteiger partial charge in [0.25, 0.3) is 0 Å². The third-order valence-corrected chi connectivity index (χ3v) is 22.5. The average molecular weight is 451 g/mol. The molecule has 1 aromatic rings. The Morgan fingerprint density at radius 3 is 1.88 bits per heavy atom. The molecule has 0 saturated carbocycles. The molecule has 0 aromatic heterocycles. The van der Waals surface area contributed by atoms with E-state index in [4.69, 9.17) is 4.74 Å². The molecule has 2 heteroatoms. The Morgan fingerprint density at radius 2 is 1.36 bits per heavy atom. The van der Waals surface area contributed by atoms with Crippen molar-refractivity contribution >= 4 is 18.4 Å². The maximum atomic E-state index is 6.40. The van der Waals surface area contributed by atoms with Crippen LogP contribution in [0, 0.1) is 0 Å². The molecule has 0 spiro atoms. The number of ether oxygens (including phenoxy) is 1. The number of hydrogen-bond acceptors (Lipinski definition) is 1. The molecule has 0 radical (unpaired) electrons. The van der Waals surface area contributed by atoms with E-state index in [1.165, 1.54) is 63.4 Å². The van der Waals surface area contributed by atoms with Crippen LogP contribution in [0.3, 0.4) is 0 Å². The molecule has 1 aliphatic heterocycles. The standard InChI is InChI=1S/C11H13O.3C4H9.Sn/c1-2-5-10(6-3-1)7-4-8-11-9-12-11;3*1-3-4-2;/h1-3,5-6,9,11H,4,7-8H2;3*1,3-4H2,2H3;/t11-;;;;/m0..../s1. The predicted octanol–water partition coefficient (Wildman–Crippen LogP) is 7.17. The van der Waals surface area contributed by atoms with Crippen LogP contribution >= 0.6 is 0 Å². The summed E-state index contributed by atoms with van der Waals surface area (Å²) in [6, 6.07) is 11.0. The van der Waals surface area contributed by atoms with Gasteiger partial charge in [0, 0.05) is 0 Å². The third-order valence-electron chi connectivity index (χ3n) is 6.07. The Morgan fingerprint density at radius 1 is 0.800 bits per heavy atom. The topological polar surface area (TPSA) is 12.5 Å². The SMILES string of the molecule is CCC[CH2][Sn]([CH2]CCC)([CH2]CCC)[C@H]1O[C@H]1CCCc1ccccc1. The van der Waals surface area contributed by atoms with Gasteiger partial charge >= 0.3 is 161 Å². The van der Waals surface area contributed by atoms with E-state index in [0.717, 1.165) is 4.12 Å². The van der Waals surface area contributed by atoms with E-state index in [-0.39, 0.29) is 0 Å². The first-order valence-electron chi connectivity index (χ1n) is 10.9. The molecule has 2 rings (SSSR count). The second-order valence-electron chi connectivity index (χ2n) is 8.15. The van der Waals surface area contributed by atoms with Crippen molar-refractivity contribution in [1.29, 1.82) is 0 Å². The number of benzene rings is 1. The fourth-order valence-electron chi connectivity index (χ4n) is 4.44. The van der Waals surface area contributed by atoms with Crippen LogP contribution in [0.5, 0.6) is 0 Å². The van der Waals surface area contributed by atoms with E-state index in [9.17, 15) is 0 Å². The molecule has 0 bridgehead atoms. The second-order valence-corrected chi connectivity index (χ2v) is 21.8. The second kappa shape index (κ2) is 11.6. The van der Waals surface area contributed by atoms with Crippen molar-refractivity contribution in [1.82, 2.24) is 0 Å². The van der Waals surface area contributed by atoms with Crippen LogP contribution in [0.2, 0.25) is 13.3 Å². The Kier molecular flexibility index (Phi) is 9.91. The molecule has 2 atom stereocenters. The van der Waals surface area contributed by atoms with Crippen molar-refractivity contribution in [2.24, 2.45) is 0 Å². The van der Waals surface area contributed by atoms with Gasteiger partial charge in [-0.25, -0.2) is 0 Å². The maximum absolute atomic E-state index is 6.40. The molecular formula is C23H40OSn. The molecule has 25 heavy (non-hydrogen) atoms. The molecular weight excluding hydrogens is 411 g/mol. The van der Waals surface area contributed by atoms with Crippen LogP contribution in [0.1, 0.15) is 77.7 Å². The fraction of sp³-hybridized carbons (Fsp3) is 0.739. The molecule has 1 aliphatic rings. The van der Waals surface area contributed by atoms with Crippen molar-refractivity contribution in [3.8, 4) is 0 Å². The summed E-state index contributed by atoms with van der Waals surface area (Å²) in [6.07, 6.45) is 12.9. The third kappa shape index (κ3) is 6.90. The van der Waals surface area contributed by atoms with Gasteiger partial charge in [-0.2, -0.15) is 0 Å². The summed E-state index contributed by atoms with van der Waals surface area (Å²) in [5.41, 5.74) is 1.48. The number of epoxide rings is 1. The van der Waals surface area contributed by atoms with Gasteiger partial charge in [-0.3, -0.25) is 0 Å². The van der Waals surface area contributed by atoms with Gasteiger partial charge in [-0.1, -0.05) is 0 Å². The summed E-state index contributed by atoms with van der Waals surface area (Å²) < 4.78 is 11.9. The van der Waals surface area contributed by atoms with E-state index in [1.54, 1.807) is 13.3 Å². The Labute approximate surface area is 160 Å². The first kappa shape index (κ1) is 21.3. The van der Waals surface area contributed by atoms with E-state index in [0.29, 0.717) is 6.10 Å². The minimum absolute atomic E-state index is 0.630. The normalized spacial score (nSPS) is 20.0. The Balaban J connectivity index is 1.88. The summed E-state index contributed by atoms with van der Waals surface area (Å²) >= 11 is -2.12. The monoisotopic (exact) mass is 452 g/mol. The fourth-order valence-corrected chi connectivity index (χ4v) is 22.1. The molecule has 1 heterocycles. The van der Waals surface area contributed by atoms with Gasteiger partial charge in [0.1, 0.15) is 0 Å². The summed E-state index contributed by atoms with van der Waals surface area (Å²) in [6.45, 7) is 7.09. The van der Waals surface area contributed by atoms with Crippen LogP contribution in [0.4, 0.5) is 0 Å².